The quantitative estimate of drug-likeness (QED) is 0.860. The SMILES string of the molecule is CCOCCn1c(-c2ccc(Cl)c(Cl)c2)cnc1N. The number of ether oxygens (including phenoxy) is 1. The number of anilines is 1. The van der Waals surface area contributed by atoms with Gasteiger partial charge in [0.25, 0.3) is 0 Å². The predicted octanol–water partition coefficient (Wildman–Crippen LogP) is 3.48. The van der Waals surface area contributed by atoms with Crippen LogP contribution in [0.4, 0.5) is 5.95 Å². The van der Waals surface area contributed by atoms with Crippen molar-refractivity contribution in [3.63, 3.8) is 0 Å². The van der Waals surface area contributed by atoms with Crippen molar-refractivity contribution >= 4 is 29.2 Å². The van der Waals surface area contributed by atoms with E-state index in [0.717, 1.165) is 11.3 Å². The number of rotatable bonds is 5. The second-order valence-corrected chi connectivity index (χ2v) is 4.79. The molecule has 0 saturated carbocycles. The van der Waals surface area contributed by atoms with Crippen LogP contribution in [0, 0.1) is 0 Å². The van der Waals surface area contributed by atoms with Gasteiger partial charge < -0.3 is 15.0 Å². The zero-order chi connectivity index (χ0) is 13.8. The molecule has 0 aliphatic carbocycles. The maximum atomic E-state index is 6.03. The van der Waals surface area contributed by atoms with Crippen LogP contribution >= 0.6 is 23.2 Å². The standard InChI is InChI=1S/C13H15Cl2N3O/c1-2-19-6-5-18-12(8-17-13(18)16)9-3-4-10(14)11(15)7-9/h3-4,7-8H,2,5-6H2,1H3,(H2,16,17). The molecule has 0 unspecified atom stereocenters. The topological polar surface area (TPSA) is 53.1 Å². The van der Waals surface area contributed by atoms with E-state index in [0.29, 0.717) is 35.8 Å². The van der Waals surface area contributed by atoms with Crippen LogP contribution in [-0.4, -0.2) is 22.8 Å². The van der Waals surface area contributed by atoms with E-state index in [2.05, 4.69) is 4.98 Å². The van der Waals surface area contributed by atoms with E-state index in [1.807, 2.05) is 17.6 Å². The number of nitrogen functional groups attached to an aromatic ring is 1. The van der Waals surface area contributed by atoms with Gasteiger partial charge in [0, 0.05) is 18.7 Å². The third-order valence-corrected chi connectivity index (χ3v) is 3.50. The highest BCUT2D eigenvalue weighted by Gasteiger charge is 2.10. The van der Waals surface area contributed by atoms with Crippen LogP contribution in [0.2, 0.25) is 10.0 Å². The molecular weight excluding hydrogens is 285 g/mol. The lowest BCUT2D eigenvalue weighted by Crippen LogP contribution is -2.10. The minimum absolute atomic E-state index is 0.459. The molecule has 0 fully saturated rings. The van der Waals surface area contributed by atoms with E-state index in [-0.39, 0.29) is 0 Å². The van der Waals surface area contributed by atoms with Gasteiger partial charge in [-0.2, -0.15) is 0 Å². The Morgan fingerprint density at radius 1 is 1.32 bits per heavy atom. The molecule has 0 aliphatic heterocycles. The molecule has 1 aromatic heterocycles. The molecular formula is C13H15Cl2N3O. The summed E-state index contributed by atoms with van der Waals surface area (Å²) < 4.78 is 7.24. The molecule has 1 aromatic carbocycles. The second kappa shape index (κ2) is 6.28. The Balaban J connectivity index is 2.31. The van der Waals surface area contributed by atoms with Crippen LogP contribution in [0.3, 0.4) is 0 Å². The van der Waals surface area contributed by atoms with Crippen LogP contribution in [0.1, 0.15) is 6.92 Å². The minimum Gasteiger partial charge on any atom is -0.380 e. The Kier molecular flexibility index (Phi) is 4.69. The average molecular weight is 300 g/mol. The van der Waals surface area contributed by atoms with Gasteiger partial charge >= 0.3 is 0 Å². The van der Waals surface area contributed by atoms with Gasteiger partial charge in [0.2, 0.25) is 5.95 Å². The van der Waals surface area contributed by atoms with E-state index in [4.69, 9.17) is 33.7 Å². The van der Waals surface area contributed by atoms with Gasteiger partial charge in [0.05, 0.1) is 28.5 Å². The van der Waals surface area contributed by atoms with E-state index < -0.39 is 0 Å². The molecule has 2 aromatic rings. The molecule has 19 heavy (non-hydrogen) atoms. The van der Waals surface area contributed by atoms with Gasteiger partial charge in [-0.1, -0.05) is 29.3 Å². The lowest BCUT2D eigenvalue weighted by atomic mass is 10.1. The first-order valence-corrected chi connectivity index (χ1v) is 6.73. The summed E-state index contributed by atoms with van der Waals surface area (Å²) in [7, 11) is 0. The smallest absolute Gasteiger partial charge is 0.200 e. The third-order valence-electron chi connectivity index (χ3n) is 2.77. The third kappa shape index (κ3) is 3.21. The molecule has 0 amide bonds. The van der Waals surface area contributed by atoms with Crippen LogP contribution in [0.15, 0.2) is 24.4 Å². The molecule has 4 nitrogen and oxygen atoms in total. The maximum Gasteiger partial charge on any atom is 0.200 e. The second-order valence-electron chi connectivity index (χ2n) is 3.98. The summed E-state index contributed by atoms with van der Waals surface area (Å²) >= 11 is 11.9. The molecule has 0 saturated heterocycles. The molecule has 1 heterocycles. The molecule has 0 aliphatic rings. The number of hydrogen-bond acceptors (Lipinski definition) is 3. The number of hydrogen-bond donors (Lipinski definition) is 1. The Hall–Kier alpha value is -1.23. The fraction of sp³-hybridized carbons (Fsp3) is 0.308. The summed E-state index contributed by atoms with van der Waals surface area (Å²) in [6.45, 7) is 3.87. The van der Waals surface area contributed by atoms with Crippen molar-refractivity contribution in [2.75, 3.05) is 18.9 Å². The predicted molar refractivity (Wildman–Crippen MR) is 78.6 cm³/mol. The fourth-order valence-electron chi connectivity index (χ4n) is 1.81. The first kappa shape index (κ1) is 14.2. The average Bonchev–Trinajstić information content (AvgIpc) is 2.75. The van der Waals surface area contributed by atoms with E-state index in [9.17, 15) is 0 Å². The van der Waals surface area contributed by atoms with Gasteiger partial charge in [-0.25, -0.2) is 4.98 Å². The summed E-state index contributed by atoms with van der Waals surface area (Å²) in [5.74, 6) is 0.459. The molecule has 102 valence electrons. The van der Waals surface area contributed by atoms with Gasteiger partial charge in [-0.15, -0.1) is 0 Å². The van der Waals surface area contributed by atoms with Gasteiger partial charge in [-0.05, 0) is 19.1 Å². The number of imidazole rings is 1. The summed E-state index contributed by atoms with van der Waals surface area (Å²) in [4.78, 5) is 4.13. The van der Waals surface area contributed by atoms with E-state index in [1.54, 1.807) is 18.3 Å². The van der Waals surface area contributed by atoms with E-state index >= 15 is 0 Å². The van der Waals surface area contributed by atoms with Gasteiger partial charge in [0.15, 0.2) is 0 Å². The van der Waals surface area contributed by atoms with Crippen molar-refractivity contribution < 1.29 is 4.74 Å². The minimum atomic E-state index is 0.459. The van der Waals surface area contributed by atoms with Crippen LogP contribution < -0.4 is 5.73 Å². The summed E-state index contributed by atoms with van der Waals surface area (Å²) in [6.07, 6.45) is 1.72. The zero-order valence-electron chi connectivity index (χ0n) is 10.6. The monoisotopic (exact) mass is 299 g/mol. The first-order valence-electron chi connectivity index (χ1n) is 5.97. The molecule has 2 N–H and O–H groups in total. The number of nitrogens with two attached hydrogens (primary N) is 1. The molecule has 6 heteroatoms. The van der Waals surface area contributed by atoms with Gasteiger partial charge in [0.1, 0.15) is 0 Å². The summed E-state index contributed by atoms with van der Waals surface area (Å²) in [5, 5.41) is 1.04. The van der Waals surface area contributed by atoms with Crippen LogP contribution in [-0.2, 0) is 11.3 Å². The lowest BCUT2D eigenvalue weighted by Gasteiger charge is -2.10. The molecule has 0 spiro atoms. The molecule has 0 radical (unpaired) electrons. The molecule has 0 bridgehead atoms. The van der Waals surface area contributed by atoms with Crippen molar-refractivity contribution in [1.29, 1.82) is 0 Å². The van der Waals surface area contributed by atoms with Crippen molar-refractivity contribution in [3.05, 3.63) is 34.4 Å². The largest absolute Gasteiger partial charge is 0.380 e. The molecule has 2 rings (SSSR count). The van der Waals surface area contributed by atoms with Crippen molar-refractivity contribution in [2.45, 2.75) is 13.5 Å². The number of benzene rings is 1. The Morgan fingerprint density at radius 3 is 2.79 bits per heavy atom. The van der Waals surface area contributed by atoms with E-state index in [1.165, 1.54) is 0 Å². The summed E-state index contributed by atoms with van der Waals surface area (Å²) in [6, 6.07) is 5.45. The van der Waals surface area contributed by atoms with Gasteiger partial charge in [-0.3, -0.25) is 0 Å². The first-order chi connectivity index (χ1) is 9.13. The molecule has 0 atom stereocenters. The Labute approximate surface area is 122 Å². The highest BCUT2D eigenvalue weighted by molar-refractivity contribution is 6.42. The van der Waals surface area contributed by atoms with Crippen LogP contribution in [0.5, 0.6) is 0 Å². The number of nitrogens with zero attached hydrogens (tertiary/aromatic N) is 2. The number of aromatic nitrogens is 2. The van der Waals surface area contributed by atoms with Crippen molar-refractivity contribution in [3.8, 4) is 11.3 Å². The maximum absolute atomic E-state index is 6.03. The van der Waals surface area contributed by atoms with Crippen LogP contribution in [0.25, 0.3) is 11.3 Å². The van der Waals surface area contributed by atoms with Crippen molar-refractivity contribution in [2.24, 2.45) is 0 Å². The lowest BCUT2D eigenvalue weighted by molar-refractivity contribution is 0.139. The zero-order valence-corrected chi connectivity index (χ0v) is 12.1. The highest BCUT2D eigenvalue weighted by Crippen LogP contribution is 2.29. The Bertz CT molecular complexity index is 569. The summed E-state index contributed by atoms with van der Waals surface area (Å²) in [5.41, 5.74) is 7.69. The fourth-order valence-corrected chi connectivity index (χ4v) is 2.11. The number of halogens is 2. The highest BCUT2D eigenvalue weighted by atomic mass is 35.5. The van der Waals surface area contributed by atoms with Crippen molar-refractivity contribution in [1.82, 2.24) is 9.55 Å². The Morgan fingerprint density at radius 2 is 2.11 bits per heavy atom. The normalized spacial score (nSPS) is 10.9.